The van der Waals surface area contributed by atoms with Gasteiger partial charge in [-0.1, -0.05) is 13.8 Å². The molecule has 3 nitrogen and oxygen atoms in total. The largest absolute Gasteiger partial charge is 0.480 e. The zero-order valence-corrected chi connectivity index (χ0v) is 9.30. The van der Waals surface area contributed by atoms with Gasteiger partial charge in [0.2, 0.25) is 0 Å². The molecule has 0 heterocycles. The molecule has 1 aromatic rings. The van der Waals surface area contributed by atoms with Gasteiger partial charge in [0.25, 0.3) is 0 Å². The Morgan fingerprint density at radius 1 is 1.24 bits per heavy atom. The van der Waals surface area contributed by atoms with Crippen molar-refractivity contribution in [1.82, 2.24) is 0 Å². The lowest BCUT2D eigenvalue weighted by molar-refractivity contribution is -0.138. The maximum atomic E-state index is 12.9. The van der Waals surface area contributed by atoms with Crippen LogP contribution in [0, 0.1) is 23.4 Å². The van der Waals surface area contributed by atoms with E-state index in [1.165, 1.54) is 0 Å². The van der Waals surface area contributed by atoms with E-state index in [0.717, 1.165) is 12.1 Å². The Morgan fingerprint density at radius 2 is 1.71 bits per heavy atom. The molecule has 17 heavy (non-hydrogen) atoms. The molecule has 6 heteroatoms. The van der Waals surface area contributed by atoms with E-state index in [2.05, 4.69) is 5.32 Å². The van der Waals surface area contributed by atoms with Crippen molar-refractivity contribution in [3.05, 3.63) is 29.6 Å². The molecular formula is C11H12F3NO2. The van der Waals surface area contributed by atoms with Crippen LogP contribution in [0.3, 0.4) is 0 Å². The number of hydrogen-bond donors (Lipinski definition) is 2. The summed E-state index contributed by atoms with van der Waals surface area (Å²) in [6.45, 7) is 3.28. The molecule has 1 aromatic carbocycles. The first-order valence-electron chi connectivity index (χ1n) is 4.96. The zero-order chi connectivity index (χ0) is 13.2. The molecule has 0 bridgehead atoms. The SMILES string of the molecule is CC(C)C(Nc1cc(F)c(F)c(F)c1)C(=O)O. The van der Waals surface area contributed by atoms with Crippen LogP contribution in [0.1, 0.15) is 13.8 Å². The van der Waals surface area contributed by atoms with E-state index in [1.54, 1.807) is 13.8 Å². The lowest BCUT2D eigenvalue weighted by Gasteiger charge is -2.19. The standard InChI is InChI=1S/C11H12F3NO2/c1-5(2)10(11(16)17)15-6-3-7(12)9(14)8(13)4-6/h3-5,10,15H,1-2H3,(H,16,17). The van der Waals surface area contributed by atoms with Gasteiger partial charge in [-0.05, 0) is 5.92 Å². The number of halogens is 3. The second-order valence-electron chi connectivity index (χ2n) is 3.96. The molecule has 0 amide bonds. The van der Waals surface area contributed by atoms with Crippen LogP contribution in [0.25, 0.3) is 0 Å². The zero-order valence-electron chi connectivity index (χ0n) is 9.30. The predicted octanol–water partition coefficient (Wildman–Crippen LogP) is 2.62. The van der Waals surface area contributed by atoms with Gasteiger partial charge in [0.1, 0.15) is 6.04 Å². The number of hydrogen-bond acceptors (Lipinski definition) is 2. The molecule has 0 fully saturated rings. The lowest BCUT2D eigenvalue weighted by Crippen LogP contribution is -2.34. The van der Waals surface area contributed by atoms with Crippen LogP contribution >= 0.6 is 0 Å². The summed E-state index contributed by atoms with van der Waals surface area (Å²) < 4.78 is 38.5. The van der Waals surface area contributed by atoms with E-state index >= 15 is 0 Å². The smallest absolute Gasteiger partial charge is 0.326 e. The quantitative estimate of drug-likeness (QED) is 0.804. The summed E-state index contributed by atoms with van der Waals surface area (Å²) in [4.78, 5) is 10.9. The minimum absolute atomic E-state index is 0.109. The van der Waals surface area contributed by atoms with Crippen molar-refractivity contribution >= 4 is 11.7 Å². The average Bonchev–Trinajstić information content (AvgIpc) is 2.21. The maximum Gasteiger partial charge on any atom is 0.326 e. The Morgan fingerprint density at radius 3 is 2.06 bits per heavy atom. The number of anilines is 1. The first kappa shape index (κ1) is 13.3. The Bertz CT molecular complexity index is 412. The first-order chi connectivity index (χ1) is 7.82. The normalized spacial score (nSPS) is 12.6. The fraction of sp³-hybridized carbons (Fsp3) is 0.364. The van der Waals surface area contributed by atoms with Crippen molar-refractivity contribution < 1.29 is 23.1 Å². The molecule has 2 N–H and O–H groups in total. The third kappa shape index (κ3) is 3.12. The van der Waals surface area contributed by atoms with Gasteiger partial charge in [-0.2, -0.15) is 0 Å². The molecule has 1 unspecified atom stereocenters. The minimum Gasteiger partial charge on any atom is -0.480 e. The first-order valence-corrected chi connectivity index (χ1v) is 4.96. The topological polar surface area (TPSA) is 49.3 Å². The number of aliphatic carboxylic acids is 1. The van der Waals surface area contributed by atoms with E-state index in [1.807, 2.05) is 0 Å². The van der Waals surface area contributed by atoms with Gasteiger partial charge in [-0.15, -0.1) is 0 Å². The highest BCUT2D eigenvalue weighted by molar-refractivity contribution is 5.77. The van der Waals surface area contributed by atoms with Gasteiger partial charge >= 0.3 is 5.97 Å². The van der Waals surface area contributed by atoms with E-state index in [9.17, 15) is 18.0 Å². The summed E-state index contributed by atoms with van der Waals surface area (Å²) in [5.74, 6) is -5.73. The Labute approximate surface area is 96.3 Å². The van der Waals surface area contributed by atoms with Crippen LogP contribution in [0.4, 0.5) is 18.9 Å². The molecule has 0 spiro atoms. The van der Waals surface area contributed by atoms with E-state index in [-0.39, 0.29) is 11.6 Å². The summed E-state index contributed by atoms with van der Waals surface area (Å²) in [5.41, 5.74) is -0.109. The van der Waals surface area contributed by atoms with Gasteiger partial charge in [-0.3, -0.25) is 0 Å². The minimum atomic E-state index is -1.58. The molecule has 1 atom stereocenters. The van der Waals surface area contributed by atoms with E-state index < -0.39 is 29.5 Å². The average molecular weight is 247 g/mol. The summed E-state index contributed by atoms with van der Waals surface area (Å²) >= 11 is 0. The molecule has 0 radical (unpaired) electrons. The van der Waals surface area contributed by atoms with Crippen molar-refractivity contribution in [1.29, 1.82) is 0 Å². The Kier molecular flexibility index (Phi) is 3.98. The highest BCUT2D eigenvalue weighted by Gasteiger charge is 2.22. The Hall–Kier alpha value is -1.72. The molecule has 0 aliphatic carbocycles. The molecule has 94 valence electrons. The fourth-order valence-electron chi connectivity index (χ4n) is 1.33. The van der Waals surface area contributed by atoms with E-state index in [4.69, 9.17) is 5.11 Å². The van der Waals surface area contributed by atoms with Crippen molar-refractivity contribution in [3.63, 3.8) is 0 Å². The third-order valence-corrected chi connectivity index (χ3v) is 2.24. The van der Waals surface area contributed by atoms with Crippen LogP contribution in [-0.2, 0) is 4.79 Å². The number of carbonyl (C=O) groups is 1. The monoisotopic (exact) mass is 247 g/mol. The van der Waals surface area contributed by atoms with Crippen molar-refractivity contribution in [2.75, 3.05) is 5.32 Å². The fourth-order valence-corrected chi connectivity index (χ4v) is 1.33. The molecule has 0 aliphatic heterocycles. The summed E-state index contributed by atoms with van der Waals surface area (Å²) in [7, 11) is 0. The van der Waals surface area contributed by atoms with Crippen LogP contribution < -0.4 is 5.32 Å². The van der Waals surface area contributed by atoms with Crippen LogP contribution in [0.5, 0.6) is 0 Å². The summed E-state index contributed by atoms with van der Waals surface area (Å²) in [6, 6.07) is 0.437. The summed E-state index contributed by atoms with van der Waals surface area (Å²) in [6.07, 6.45) is 0. The number of carboxylic acid groups (broad SMARTS) is 1. The van der Waals surface area contributed by atoms with E-state index in [0.29, 0.717) is 0 Å². The molecular weight excluding hydrogens is 235 g/mol. The highest BCUT2D eigenvalue weighted by Crippen LogP contribution is 2.19. The maximum absolute atomic E-state index is 12.9. The Balaban J connectivity index is 2.98. The molecule has 0 aromatic heterocycles. The number of rotatable bonds is 4. The predicted molar refractivity (Wildman–Crippen MR) is 56.2 cm³/mol. The number of carboxylic acids is 1. The lowest BCUT2D eigenvalue weighted by atomic mass is 10.0. The second kappa shape index (κ2) is 5.07. The van der Waals surface area contributed by atoms with Crippen molar-refractivity contribution in [2.24, 2.45) is 5.92 Å². The van der Waals surface area contributed by atoms with Gasteiger partial charge in [0.05, 0.1) is 0 Å². The van der Waals surface area contributed by atoms with Crippen LogP contribution in [0.15, 0.2) is 12.1 Å². The van der Waals surface area contributed by atoms with Gasteiger partial charge < -0.3 is 10.4 Å². The molecule has 0 saturated heterocycles. The van der Waals surface area contributed by atoms with Gasteiger partial charge in [-0.25, -0.2) is 18.0 Å². The molecule has 1 rings (SSSR count). The van der Waals surface area contributed by atoms with Gasteiger partial charge in [0, 0.05) is 17.8 Å². The second-order valence-corrected chi connectivity index (χ2v) is 3.96. The highest BCUT2D eigenvalue weighted by atomic mass is 19.2. The third-order valence-electron chi connectivity index (χ3n) is 2.24. The summed E-state index contributed by atoms with van der Waals surface area (Å²) in [5, 5.41) is 11.3. The molecule has 0 aliphatic rings. The molecule has 0 saturated carbocycles. The van der Waals surface area contributed by atoms with Crippen LogP contribution in [-0.4, -0.2) is 17.1 Å². The number of nitrogens with one attached hydrogen (secondary N) is 1. The van der Waals surface area contributed by atoms with Crippen molar-refractivity contribution in [3.8, 4) is 0 Å². The van der Waals surface area contributed by atoms with Crippen molar-refractivity contribution in [2.45, 2.75) is 19.9 Å². The van der Waals surface area contributed by atoms with Gasteiger partial charge in [0.15, 0.2) is 17.5 Å². The van der Waals surface area contributed by atoms with Crippen LogP contribution in [0.2, 0.25) is 0 Å². The number of benzene rings is 1.